The summed E-state index contributed by atoms with van der Waals surface area (Å²) < 4.78 is 5.20. The summed E-state index contributed by atoms with van der Waals surface area (Å²) >= 11 is 6.09. The van der Waals surface area contributed by atoms with Crippen LogP contribution in [0.15, 0.2) is 79.0 Å². The predicted octanol–water partition coefficient (Wildman–Crippen LogP) is 5.88. The van der Waals surface area contributed by atoms with Gasteiger partial charge in [-0.05, 0) is 61.2 Å². The molecule has 198 valence electrons. The van der Waals surface area contributed by atoms with Crippen molar-refractivity contribution in [1.82, 2.24) is 14.8 Å². The molecular formula is C31H34ClN3O3. The number of amides is 2. The van der Waals surface area contributed by atoms with E-state index in [2.05, 4.69) is 11.1 Å². The summed E-state index contributed by atoms with van der Waals surface area (Å²) in [7, 11) is 1.63. The second kappa shape index (κ2) is 13.3. The van der Waals surface area contributed by atoms with Crippen molar-refractivity contribution in [3.63, 3.8) is 0 Å². The summed E-state index contributed by atoms with van der Waals surface area (Å²) in [6.45, 7) is 3.88. The Balaban J connectivity index is 1.53. The Kier molecular flexibility index (Phi) is 9.57. The van der Waals surface area contributed by atoms with Crippen molar-refractivity contribution in [3.05, 3.63) is 106 Å². The second-order valence-corrected chi connectivity index (χ2v) is 9.93. The number of hydrogen-bond acceptors (Lipinski definition) is 3. The molecule has 4 rings (SSSR count). The molecule has 0 aliphatic heterocycles. The molecule has 0 atom stereocenters. The van der Waals surface area contributed by atoms with Crippen LogP contribution < -0.4 is 0 Å². The normalized spacial score (nSPS) is 11.0. The molecule has 0 unspecified atom stereocenters. The van der Waals surface area contributed by atoms with Gasteiger partial charge in [0.05, 0.1) is 0 Å². The number of H-pyrrole nitrogens is 1. The van der Waals surface area contributed by atoms with Crippen LogP contribution in [0.4, 0.5) is 0 Å². The molecule has 0 radical (unpaired) electrons. The molecule has 38 heavy (non-hydrogen) atoms. The average Bonchev–Trinajstić information content (AvgIpc) is 3.34. The minimum Gasteiger partial charge on any atom is -0.385 e. The molecule has 0 bridgehead atoms. The maximum Gasteiger partial charge on any atom is 0.254 e. The Labute approximate surface area is 229 Å². The van der Waals surface area contributed by atoms with Crippen LogP contribution in [-0.2, 0) is 22.5 Å². The number of aromatic nitrogens is 1. The molecule has 0 saturated heterocycles. The molecular weight excluding hydrogens is 498 g/mol. The summed E-state index contributed by atoms with van der Waals surface area (Å²) in [6, 6.07) is 23.1. The number of para-hydroxylation sites is 1. The van der Waals surface area contributed by atoms with Gasteiger partial charge in [-0.3, -0.25) is 9.59 Å². The monoisotopic (exact) mass is 531 g/mol. The van der Waals surface area contributed by atoms with Crippen LogP contribution in [0, 0.1) is 6.92 Å². The van der Waals surface area contributed by atoms with Gasteiger partial charge in [-0.15, -0.1) is 0 Å². The number of halogens is 1. The van der Waals surface area contributed by atoms with Gasteiger partial charge in [0.15, 0.2) is 0 Å². The first-order valence-electron chi connectivity index (χ1n) is 12.9. The maximum absolute atomic E-state index is 13.7. The van der Waals surface area contributed by atoms with Crippen molar-refractivity contribution in [2.24, 2.45) is 0 Å². The number of hydrogen-bond donors (Lipinski definition) is 1. The van der Waals surface area contributed by atoms with E-state index in [9.17, 15) is 9.59 Å². The third-order valence-electron chi connectivity index (χ3n) is 6.65. The van der Waals surface area contributed by atoms with Gasteiger partial charge in [-0.25, -0.2) is 0 Å². The Morgan fingerprint density at radius 1 is 0.921 bits per heavy atom. The molecule has 0 spiro atoms. The molecule has 0 aliphatic carbocycles. The van der Waals surface area contributed by atoms with Gasteiger partial charge in [0.2, 0.25) is 5.91 Å². The largest absolute Gasteiger partial charge is 0.385 e. The number of carbonyl (C=O) groups is 2. The molecule has 0 aliphatic rings. The van der Waals surface area contributed by atoms with Gasteiger partial charge in [0.25, 0.3) is 5.91 Å². The number of methoxy groups -OCH3 is 1. The Morgan fingerprint density at radius 2 is 1.66 bits per heavy atom. The highest BCUT2D eigenvalue weighted by Crippen LogP contribution is 2.19. The van der Waals surface area contributed by atoms with Crippen LogP contribution in [0.25, 0.3) is 10.9 Å². The van der Waals surface area contributed by atoms with Gasteiger partial charge in [0, 0.05) is 61.0 Å². The highest BCUT2D eigenvalue weighted by atomic mass is 35.5. The van der Waals surface area contributed by atoms with Gasteiger partial charge in [-0.2, -0.15) is 0 Å². The van der Waals surface area contributed by atoms with Crippen molar-refractivity contribution in [3.8, 4) is 0 Å². The maximum atomic E-state index is 13.7. The quantitative estimate of drug-likeness (QED) is 0.232. The lowest BCUT2D eigenvalue weighted by Crippen LogP contribution is -2.44. The van der Waals surface area contributed by atoms with Crippen molar-refractivity contribution in [2.75, 3.05) is 33.4 Å². The number of rotatable bonds is 12. The average molecular weight is 532 g/mol. The van der Waals surface area contributed by atoms with Crippen molar-refractivity contribution < 1.29 is 14.3 Å². The first kappa shape index (κ1) is 27.4. The Hall–Kier alpha value is -3.61. The zero-order valence-corrected chi connectivity index (χ0v) is 22.7. The molecule has 0 fully saturated rings. The highest BCUT2D eigenvalue weighted by Gasteiger charge is 2.23. The summed E-state index contributed by atoms with van der Waals surface area (Å²) in [4.78, 5) is 33.9. The molecule has 1 N–H and O–H groups in total. The standard InChI is InChI=1S/C31H34ClN3O3/c1-23-8-12-25(13-9-23)31(37)35(17-5-19-38-2)22-30(36)34(21-24-10-14-27(32)15-11-24)18-16-26-20-33-29-7-4-3-6-28(26)29/h3-4,6-15,20,33H,5,16-19,21-22H2,1-2H3. The topological polar surface area (TPSA) is 65.6 Å². The number of carbonyl (C=O) groups excluding carboxylic acids is 2. The minimum absolute atomic E-state index is 0.00208. The van der Waals surface area contributed by atoms with Crippen molar-refractivity contribution >= 4 is 34.3 Å². The highest BCUT2D eigenvalue weighted by molar-refractivity contribution is 6.30. The zero-order valence-electron chi connectivity index (χ0n) is 22.0. The van der Waals surface area contributed by atoms with Crippen LogP contribution >= 0.6 is 11.6 Å². The Morgan fingerprint density at radius 3 is 2.39 bits per heavy atom. The van der Waals surface area contributed by atoms with Crippen LogP contribution in [0.2, 0.25) is 5.02 Å². The van der Waals surface area contributed by atoms with E-state index in [1.807, 2.05) is 84.8 Å². The molecule has 1 heterocycles. The number of fused-ring (bicyclic) bond motifs is 1. The van der Waals surface area contributed by atoms with E-state index in [4.69, 9.17) is 16.3 Å². The first-order valence-corrected chi connectivity index (χ1v) is 13.2. The van der Waals surface area contributed by atoms with E-state index in [1.54, 1.807) is 12.0 Å². The predicted molar refractivity (Wildman–Crippen MR) is 152 cm³/mol. The summed E-state index contributed by atoms with van der Waals surface area (Å²) in [5.74, 6) is -0.254. The number of nitrogens with one attached hydrogen (secondary N) is 1. The molecule has 6 nitrogen and oxygen atoms in total. The summed E-state index contributed by atoms with van der Waals surface area (Å²) in [5.41, 5.74) is 4.87. The molecule has 4 aromatic rings. The van der Waals surface area contributed by atoms with E-state index in [1.165, 1.54) is 0 Å². The molecule has 3 aromatic carbocycles. The van der Waals surface area contributed by atoms with Gasteiger partial charge >= 0.3 is 0 Å². The summed E-state index contributed by atoms with van der Waals surface area (Å²) in [5, 5.41) is 1.81. The van der Waals surface area contributed by atoms with Crippen molar-refractivity contribution in [1.29, 1.82) is 0 Å². The fraction of sp³-hybridized carbons (Fsp3) is 0.290. The number of nitrogens with zero attached hydrogens (tertiary/aromatic N) is 2. The van der Waals surface area contributed by atoms with Crippen LogP contribution in [-0.4, -0.2) is 59.9 Å². The van der Waals surface area contributed by atoms with E-state index in [0.29, 0.717) is 49.7 Å². The lowest BCUT2D eigenvalue weighted by molar-refractivity contribution is -0.132. The van der Waals surface area contributed by atoms with Gasteiger partial charge in [-0.1, -0.05) is 59.6 Å². The first-order chi connectivity index (χ1) is 18.4. The molecule has 0 saturated carbocycles. The van der Waals surface area contributed by atoms with Gasteiger partial charge in [0.1, 0.15) is 6.54 Å². The number of aromatic amines is 1. The van der Waals surface area contributed by atoms with Gasteiger partial charge < -0.3 is 19.5 Å². The van der Waals surface area contributed by atoms with E-state index in [-0.39, 0.29) is 18.4 Å². The van der Waals surface area contributed by atoms with E-state index >= 15 is 0 Å². The summed E-state index contributed by atoms with van der Waals surface area (Å²) in [6.07, 6.45) is 3.35. The fourth-order valence-corrected chi connectivity index (χ4v) is 4.62. The van der Waals surface area contributed by atoms with Crippen LogP contribution in [0.3, 0.4) is 0 Å². The lowest BCUT2D eigenvalue weighted by Gasteiger charge is -2.28. The SMILES string of the molecule is COCCCN(CC(=O)N(CCc1c[nH]c2ccccc12)Cc1ccc(Cl)cc1)C(=O)c1ccc(C)cc1. The molecule has 7 heteroatoms. The second-order valence-electron chi connectivity index (χ2n) is 9.49. The third kappa shape index (κ3) is 7.24. The number of ether oxygens (including phenoxy) is 1. The van der Waals surface area contributed by atoms with Crippen LogP contribution in [0.5, 0.6) is 0 Å². The van der Waals surface area contributed by atoms with Crippen LogP contribution in [0.1, 0.15) is 33.5 Å². The molecule has 1 aromatic heterocycles. The van der Waals surface area contributed by atoms with E-state index < -0.39 is 0 Å². The fourth-order valence-electron chi connectivity index (χ4n) is 4.49. The smallest absolute Gasteiger partial charge is 0.254 e. The minimum atomic E-state index is -0.155. The van der Waals surface area contributed by atoms with Crippen molar-refractivity contribution in [2.45, 2.75) is 26.3 Å². The lowest BCUT2D eigenvalue weighted by atomic mass is 10.1. The molecule has 2 amide bonds. The third-order valence-corrected chi connectivity index (χ3v) is 6.91. The van der Waals surface area contributed by atoms with E-state index in [0.717, 1.165) is 27.6 Å². The number of aryl methyl sites for hydroxylation is 1. The Bertz CT molecular complexity index is 1350. The zero-order chi connectivity index (χ0) is 26.9. The number of benzene rings is 3.